The monoisotopic (exact) mass is 323 g/mol. The SMILES string of the molecule is [CH2][C@H]1CN(c2ccc(C#N)c(C(F)(F)F)c2)[C@@H](C(F)(F)F)O1. The zero-order valence-electron chi connectivity index (χ0n) is 10.9. The third kappa shape index (κ3) is 3.11. The van der Waals surface area contributed by atoms with E-state index in [2.05, 4.69) is 11.7 Å². The molecular formula is C13H9F6N2O. The molecule has 2 atom stereocenters. The fourth-order valence-corrected chi connectivity index (χ4v) is 2.15. The number of nitriles is 1. The van der Waals surface area contributed by atoms with Crippen LogP contribution in [0.25, 0.3) is 0 Å². The van der Waals surface area contributed by atoms with Gasteiger partial charge in [0.15, 0.2) is 0 Å². The van der Waals surface area contributed by atoms with Gasteiger partial charge in [0.25, 0.3) is 0 Å². The van der Waals surface area contributed by atoms with Crippen LogP contribution in [0.4, 0.5) is 32.0 Å². The lowest BCUT2D eigenvalue weighted by molar-refractivity contribution is -0.210. The normalized spacial score (nSPS) is 22.7. The zero-order chi connectivity index (χ0) is 16.7. The molecule has 119 valence electrons. The van der Waals surface area contributed by atoms with Crippen LogP contribution in [-0.2, 0) is 10.9 Å². The van der Waals surface area contributed by atoms with E-state index < -0.39 is 35.8 Å². The highest BCUT2D eigenvalue weighted by molar-refractivity contribution is 5.56. The Morgan fingerprint density at radius 1 is 1.23 bits per heavy atom. The molecule has 0 bridgehead atoms. The topological polar surface area (TPSA) is 36.3 Å². The Hall–Kier alpha value is -1.95. The number of rotatable bonds is 1. The highest BCUT2D eigenvalue weighted by atomic mass is 19.4. The molecule has 1 heterocycles. The Morgan fingerprint density at radius 2 is 1.86 bits per heavy atom. The Kier molecular flexibility index (Phi) is 4.00. The number of ether oxygens (including phenoxy) is 1. The number of alkyl halides is 6. The highest BCUT2D eigenvalue weighted by Gasteiger charge is 2.50. The van der Waals surface area contributed by atoms with Crippen LogP contribution >= 0.6 is 0 Å². The van der Waals surface area contributed by atoms with E-state index in [4.69, 9.17) is 5.26 Å². The highest BCUT2D eigenvalue weighted by Crippen LogP contribution is 2.38. The van der Waals surface area contributed by atoms with E-state index in [1.165, 1.54) is 6.07 Å². The van der Waals surface area contributed by atoms with Gasteiger partial charge in [-0.05, 0) is 25.1 Å². The van der Waals surface area contributed by atoms with Gasteiger partial charge in [-0.2, -0.15) is 31.6 Å². The second kappa shape index (κ2) is 5.35. The summed E-state index contributed by atoms with van der Waals surface area (Å²) < 4.78 is 81.9. The van der Waals surface area contributed by atoms with E-state index in [0.29, 0.717) is 11.0 Å². The molecule has 1 aromatic carbocycles. The van der Waals surface area contributed by atoms with Crippen molar-refractivity contribution in [3.05, 3.63) is 36.2 Å². The average Bonchev–Trinajstić information content (AvgIpc) is 2.79. The number of nitrogens with zero attached hydrogens (tertiary/aromatic N) is 2. The maximum absolute atomic E-state index is 12.9. The van der Waals surface area contributed by atoms with E-state index in [-0.39, 0.29) is 12.2 Å². The summed E-state index contributed by atoms with van der Waals surface area (Å²) in [7, 11) is 0. The van der Waals surface area contributed by atoms with Crippen molar-refractivity contribution in [1.82, 2.24) is 0 Å². The summed E-state index contributed by atoms with van der Waals surface area (Å²) in [5.74, 6) is 0. The third-order valence-electron chi connectivity index (χ3n) is 3.05. The maximum Gasteiger partial charge on any atom is 0.433 e. The van der Waals surface area contributed by atoms with E-state index in [0.717, 1.165) is 12.1 Å². The molecule has 2 rings (SSSR count). The molecule has 1 fully saturated rings. The molecule has 22 heavy (non-hydrogen) atoms. The summed E-state index contributed by atoms with van der Waals surface area (Å²) in [5.41, 5.74) is -2.29. The van der Waals surface area contributed by atoms with Gasteiger partial charge in [0.1, 0.15) is 0 Å². The Labute approximate surface area is 121 Å². The van der Waals surface area contributed by atoms with Crippen molar-refractivity contribution in [2.75, 3.05) is 11.4 Å². The summed E-state index contributed by atoms with van der Waals surface area (Å²) >= 11 is 0. The lowest BCUT2D eigenvalue weighted by atomic mass is 10.1. The second-order valence-electron chi connectivity index (χ2n) is 4.64. The predicted molar refractivity (Wildman–Crippen MR) is 63.6 cm³/mol. The van der Waals surface area contributed by atoms with Crippen molar-refractivity contribution in [2.24, 2.45) is 0 Å². The number of hydrogen-bond donors (Lipinski definition) is 0. The minimum absolute atomic E-state index is 0.312. The van der Waals surface area contributed by atoms with Gasteiger partial charge in [-0.1, -0.05) is 0 Å². The first kappa shape index (κ1) is 16.4. The predicted octanol–water partition coefficient (Wildman–Crippen LogP) is 3.50. The van der Waals surface area contributed by atoms with Crippen molar-refractivity contribution in [3.63, 3.8) is 0 Å². The molecule has 1 aromatic rings. The van der Waals surface area contributed by atoms with Crippen LogP contribution in [-0.4, -0.2) is 25.1 Å². The minimum atomic E-state index is -4.85. The van der Waals surface area contributed by atoms with Gasteiger partial charge in [0, 0.05) is 12.2 Å². The number of hydrogen-bond acceptors (Lipinski definition) is 3. The minimum Gasteiger partial charge on any atom is -0.345 e. The molecular weight excluding hydrogens is 314 g/mol. The van der Waals surface area contributed by atoms with Crippen LogP contribution in [0.5, 0.6) is 0 Å². The van der Waals surface area contributed by atoms with E-state index in [9.17, 15) is 26.3 Å². The van der Waals surface area contributed by atoms with Crippen molar-refractivity contribution in [3.8, 4) is 6.07 Å². The molecule has 0 spiro atoms. The molecule has 1 saturated heterocycles. The summed E-state index contributed by atoms with van der Waals surface area (Å²) in [6, 6.07) is 3.74. The average molecular weight is 323 g/mol. The van der Waals surface area contributed by atoms with Gasteiger partial charge in [-0.3, -0.25) is 0 Å². The summed E-state index contributed by atoms with van der Waals surface area (Å²) in [6.45, 7) is 3.03. The lowest BCUT2D eigenvalue weighted by Gasteiger charge is -2.27. The quantitative estimate of drug-likeness (QED) is 0.742. The Bertz CT molecular complexity index is 604. The molecule has 1 aliphatic heterocycles. The smallest absolute Gasteiger partial charge is 0.345 e. The molecule has 1 radical (unpaired) electrons. The number of halogens is 6. The second-order valence-corrected chi connectivity index (χ2v) is 4.64. The molecule has 3 nitrogen and oxygen atoms in total. The fraction of sp³-hybridized carbons (Fsp3) is 0.385. The van der Waals surface area contributed by atoms with Crippen molar-refractivity contribution in [2.45, 2.75) is 24.7 Å². The summed E-state index contributed by atoms with van der Waals surface area (Å²) in [5, 5.41) is 8.68. The Balaban J connectivity index is 2.47. The molecule has 0 unspecified atom stereocenters. The zero-order valence-corrected chi connectivity index (χ0v) is 10.9. The molecule has 0 saturated carbocycles. The molecule has 1 aliphatic rings. The fourth-order valence-electron chi connectivity index (χ4n) is 2.15. The third-order valence-corrected chi connectivity index (χ3v) is 3.05. The van der Waals surface area contributed by atoms with Gasteiger partial charge >= 0.3 is 12.4 Å². The van der Waals surface area contributed by atoms with Gasteiger partial charge < -0.3 is 9.64 Å². The first-order chi connectivity index (χ1) is 10.0. The van der Waals surface area contributed by atoms with Gasteiger partial charge in [-0.25, -0.2) is 0 Å². The lowest BCUT2D eigenvalue weighted by Crippen LogP contribution is -2.42. The molecule has 9 heteroatoms. The summed E-state index contributed by atoms with van der Waals surface area (Å²) in [6.07, 6.45) is -13.0. The van der Waals surface area contributed by atoms with Crippen molar-refractivity contribution in [1.29, 1.82) is 5.26 Å². The first-order valence-electron chi connectivity index (χ1n) is 5.97. The van der Waals surface area contributed by atoms with Crippen LogP contribution in [0.2, 0.25) is 0 Å². The van der Waals surface area contributed by atoms with Gasteiger partial charge in [0.05, 0.1) is 23.3 Å². The number of anilines is 1. The van der Waals surface area contributed by atoms with Crippen LogP contribution in [0.1, 0.15) is 11.1 Å². The maximum atomic E-state index is 12.9. The van der Waals surface area contributed by atoms with Crippen LogP contribution < -0.4 is 4.90 Å². The first-order valence-corrected chi connectivity index (χ1v) is 5.97. The van der Waals surface area contributed by atoms with Crippen LogP contribution in [0, 0.1) is 18.3 Å². The molecule has 0 aliphatic carbocycles. The number of benzene rings is 1. The van der Waals surface area contributed by atoms with E-state index >= 15 is 0 Å². The summed E-state index contributed by atoms with van der Waals surface area (Å²) in [4.78, 5) is 0.647. The van der Waals surface area contributed by atoms with Gasteiger partial charge in [0.2, 0.25) is 6.23 Å². The largest absolute Gasteiger partial charge is 0.433 e. The van der Waals surface area contributed by atoms with Crippen LogP contribution in [0.15, 0.2) is 18.2 Å². The Morgan fingerprint density at radius 3 is 2.36 bits per heavy atom. The molecule has 0 amide bonds. The van der Waals surface area contributed by atoms with Crippen molar-refractivity contribution < 1.29 is 31.1 Å². The molecule has 0 N–H and O–H groups in total. The van der Waals surface area contributed by atoms with Gasteiger partial charge in [-0.15, -0.1) is 0 Å². The van der Waals surface area contributed by atoms with E-state index in [1.54, 1.807) is 0 Å². The van der Waals surface area contributed by atoms with E-state index in [1.807, 2.05) is 0 Å². The standard InChI is InChI=1S/C13H9F6N2O/c1-7-6-21(11(22-7)13(17,18)19)9-3-2-8(5-20)10(4-9)12(14,15)16/h2-4,7,11H,1,6H2/t7-,11+/m0/s1. The van der Waals surface area contributed by atoms with Crippen LogP contribution in [0.3, 0.4) is 0 Å². The molecule has 0 aromatic heterocycles. The van der Waals surface area contributed by atoms with Crippen molar-refractivity contribution >= 4 is 5.69 Å².